The first-order valence-corrected chi connectivity index (χ1v) is 12.0. The van der Waals surface area contributed by atoms with E-state index >= 15 is 0 Å². The van der Waals surface area contributed by atoms with E-state index in [0.717, 1.165) is 56.4 Å². The van der Waals surface area contributed by atoms with Crippen molar-refractivity contribution in [2.45, 2.75) is 0 Å². The fraction of sp³-hybridized carbons (Fsp3) is 0. The summed E-state index contributed by atoms with van der Waals surface area (Å²) in [5.41, 5.74) is 10.5. The number of aromatic nitrogens is 2. The molecule has 0 saturated carbocycles. The summed E-state index contributed by atoms with van der Waals surface area (Å²) in [4.78, 5) is 16.2. The van der Waals surface area contributed by atoms with Crippen molar-refractivity contribution in [3.8, 4) is 23.5 Å². The molecule has 2 N–H and O–H groups in total. The largest absolute Gasteiger partial charge is 0.353 e. The van der Waals surface area contributed by atoms with Crippen LogP contribution in [0.25, 0.3) is 22.5 Å². The summed E-state index contributed by atoms with van der Waals surface area (Å²) in [6.45, 7) is 0. The number of benzene rings is 2. The molecule has 178 valence electrons. The lowest BCUT2D eigenvalue weighted by molar-refractivity contribution is 1.27. The number of aromatic amines is 2. The van der Waals surface area contributed by atoms with Crippen LogP contribution in [0, 0.1) is 22.7 Å². The first-order chi connectivity index (χ1) is 18.7. The predicted octanol–water partition coefficient (Wildman–Crippen LogP) is 6.55. The highest BCUT2D eigenvalue weighted by Crippen LogP contribution is 2.34. The molecule has 0 atom stereocenters. The average Bonchev–Trinajstić information content (AvgIpc) is 3.78. The van der Waals surface area contributed by atoms with E-state index in [1.165, 1.54) is 0 Å². The Labute approximate surface area is 219 Å². The lowest BCUT2D eigenvalue weighted by Crippen LogP contribution is -1.93. The summed E-state index contributed by atoms with van der Waals surface area (Å²) in [6, 6.07) is 27.6. The Morgan fingerprint density at radius 3 is 1.32 bits per heavy atom. The van der Waals surface area contributed by atoms with Crippen LogP contribution in [-0.2, 0) is 0 Å². The van der Waals surface area contributed by atoms with Gasteiger partial charge in [-0.3, -0.25) is 9.98 Å². The van der Waals surface area contributed by atoms with Crippen LogP contribution in [0.2, 0.25) is 0 Å². The van der Waals surface area contributed by atoms with Crippen molar-refractivity contribution < 1.29 is 0 Å². The van der Waals surface area contributed by atoms with Gasteiger partial charge in [-0.25, -0.2) is 0 Å². The topological polar surface area (TPSA) is 104 Å². The Balaban J connectivity index is 1.38. The van der Waals surface area contributed by atoms with Gasteiger partial charge in [0, 0.05) is 35.0 Å². The van der Waals surface area contributed by atoms with E-state index in [1.807, 2.05) is 97.1 Å². The predicted molar refractivity (Wildman–Crippen MR) is 150 cm³/mol. The first kappa shape index (κ1) is 22.7. The summed E-state index contributed by atoms with van der Waals surface area (Å²) in [5, 5.41) is 18.4. The van der Waals surface area contributed by atoms with E-state index in [4.69, 9.17) is 0 Å². The molecule has 2 aliphatic heterocycles. The molecule has 6 nitrogen and oxygen atoms in total. The summed E-state index contributed by atoms with van der Waals surface area (Å²) in [6.07, 6.45) is 11.3. The molecule has 38 heavy (non-hydrogen) atoms. The van der Waals surface area contributed by atoms with Gasteiger partial charge in [0.25, 0.3) is 0 Å². The Bertz CT molecular complexity index is 1640. The van der Waals surface area contributed by atoms with Crippen molar-refractivity contribution in [2.75, 3.05) is 0 Å². The monoisotopic (exact) mass is 488 g/mol. The normalized spacial score (nSPS) is 16.1. The van der Waals surface area contributed by atoms with Crippen LogP contribution in [0.5, 0.6) is 0 Å². The molecule has 0 radical (unpaired) electrons. The van der Waals surface area contributed by atoms with E-state index in [9.17, 15) is 10.5 Å². The fourth-order valence-corrected chi connectivity index (χ4v) is 4.60. The van der Waals surface area contributed by atoms with E-state index in [-0.39, 0.29) is 0 Å². The van der Waals surface area contributed by atoms with Crippen LogP contribution in [0.4, 0.5) is 0 Å². The van der Waals surface area contributed by atoms with Crippen molar-refractivity contribution in [3.63, 3.8) is 0 Å². The van der Waals surface area contributed by atoms with Crippen molar-refractivity contribution >= 4 is 23.6 Å². The summed E-state index contributed by atoms with van der Waals surface area (Å²) < 4.78 is 0. The van der Waals surface area contributed by atoms with Crippen LogP contribution < -0.4 is 0 Å². The smallest absolute Gasteiger partial charge is 0.0991 e. The van der Waals surface area contributed by atoms with Crippen LogP contribution in [0.15, 0.2) is 118 Å². The molecular weight excluding hydrogens is 468 g/mol. The van der Waals surface area contributed by atoms with Gasteiger partial charge >= 0.3 is 0 Å². The third-order valence-corrected chi connectivity index (χ3v) is 6.43. The second-order valence-corrected chi connectivity index (χ2v) is 8.74. The minimum Gasteiger partial charge on any atom is -0.353 e. The van der Waals surface area contributed by atoms with Crippen LogP contribution in [0.3, 0.4) is 0 Å². The molecule has 4 heterocycles. The van der Waals surface area contributed by atoms with Gasteiger partial charge in [-0.15, -0.1) is 0 Å². The first-order valence-electron chi connectivity index (χ1n) is 12.0. The van der Waals surface area contributed by atoms with Crippen molar-refractivity contribution in [1.82, 2.24) is 9.97 Å². The molecule has 6 rings (SSSR count). The lowest BCUT2D eigenvalue weighted by atomic mass is 9.99. The van der Waals surface area contributed by atoms with E-state index in [0.29, 0.717) is 11.1 Å². The third kappa shape index (κ3) is 4.24. The number of nitriles is 2. The van der Waals surface area contributed by atoms with Crippen molar-refractivity contribution in [2.24, 2.45) is 9.98 Å². The molecule has 0 saturated heterocycles. The van der Waals surface area contributed by atoms with Crippen LogP contribution >= 0.6 is 0 Å². The molecule has 0 unspecified atom stereocenters. The van der Waals surface area contributed by atoms with Gasteiger partial charge in [-0.05, 0) is 84.0 Å². The van der Waals surface area contributed by atoms with Gasteiger partial charge in [-0.1, -0.05) is 24.3 Å². The van der Waals surface area contributed by atoms with E-state index in [2.05, 4.69) is 32.1 Å². The second-order valence-electron chi connectivity index (χ2n) is 8.74. The molecule has 2 aromatic heterocycles. The van der Waals surface area contributed by atoms with Gasteiger partial charge in [0.2, 0.25) is 0 Å². The van der Waals surface area contributed by atoms with Crippen LogP contribution in [0.1, 0.15) is 33.6 Å². The highest BCUT2D eigenvalue weighted by Gasteiger charge is 2.17. The number of nitrogens with zero attached hydrogens (tertiary/aromatic N) is 4. The molecule has 0 amide bonds. The second kappa shape index (κ2) is 9.73. The average molecular weight is 489 g/mol. The van der Waals surface area contributed by atoms with Gasteiger partial charge in [-0.2, -0.15) is 10.5 Å². The Hall–Kier alpha value is -5.72. The molecule has 2 aromatic carbocycles. The maximum absolute atomic E-state index is 9.20. The standard InChI is InChI=1S/C32H20N6/c33-19-21-5-9-23(10-6-21)31(27-3-1-17-35-27)29-15-13-25(37-29)26-14-16-30(38-26)32(28-4-2-18-36-28)24-11-7-22(20-34)8-12-24/h1-18,37-38H. The Kier molecular flexibility index (Phi) is 5.82. The summed E-state index contributed by atoms with van der Waals surface area (Å²) >= 11 is 0. The summed E-state index contributed by atoms with van der Waals surface area (Å²) in [5.74, 6) is 0. The van der Waals surface area contributed by atoms with Gasteiger partial charge in [0.1, 0.15) is 0 Å². The lowest BCUT2D eigenvalue weighted by Gasteiger charge is -2.09. The van der Waals surface area contributed by atoms with Crippen molar-refractivity contribution in [1.29, 1.82) is 10.5 Å². The molecule has 0 fully saturated rings. The zero-order valence-electron chi connectivity index (χ0n) is 20.2. The molecule has 0 spiro atoms. The SMILES string of the molecule is N#Cc1ccc(C(=C2C=CC=N2)c2ccc(-c3ccc(C(=C4C=CC=N4)c4ccc(C#N)cc4)[nH]3)[nH]2)cc1. The molecular formula is C32H20N6. The van der Waals surface area contributed by atoms with Crippen molar-refractivity contribution in [3.05, 3.63) is 142 Å². The highest BCUT2D eigenvalue weighted by molar-refractivity contribution is 5.90. The number of H-pyrrole nitrogens is 2. The Morgan fingerprint density at radius 2 is 0.974 bits per heavy atom. The highest BCUT2D eigenvalue weighted by atomic mass is 14.8. The number of hydrogen-bond acceptors (Lipinski definition) is 4. The number of aliphatic imine (C=N–C) groups is 2. The quantitative estimate of drug-likeness (QED) is 0.332. The molecule has 0 aliphatic carbocycles. The van der Waals surface area contributed by atoms with Gasteiger partial charge in [0.05, 0.1) is 46.0 Å². The number of nitrogens with one attached hydrogen (secondary N) is 2. The van der Waals surface area contributed by atoms with Crippen LogP contribution in [-0.4, -0.2) is 22.4 Å². The maximum atomic E-state index is 9.20. The minimum absolute atomic E-state index is 0.614. The molecule has 0 bridgehead atoms. The molecule has 6 heteroatoms. The molecule has 2 aliphatic rings. The zero-order valence-corrected chi connectivity index (χ0v) is 20.2. The Morgan fingerprint density at radius 1 is 0.553 bits per heavy atom. The molecule has 4 aromatic rings. The maximum Gasteiger partial charge on any atom is 0.0991 e. The summed E-state index contributed by atoms with van der Waals surface area (Å²) in [7, 11) is 0. The third-order valence-electron chi connectivity index (χ3n) is 6.43. The van der Waals surface area contributed by atoms with E-state index < -0.39 is 0 Å². The number of allylic oxidation sites excluding steroid dienone is 4. The fourth-order valence-electron chi connectivity index (χ4n) is 4.60. The van der Waals surface area contributed by atoms with E-state index in [1.54, 1.807) is 12.4 Å². The van der Waals surface area contributed by atoms with Gasteiger partial charge < -0.3 is 9.97 Å². The van der Waals surface area contributed by atoms with Gasteiger partial charge in [0.15, 0.2) is 0 Å². The zero-order chi connectivity index (χ0) is 25.9. The number of rotatable bonds is 5. The minimum atomic E-state index is 0.614. The number of hydrogen-bond donors (Lipinski definition) is 2.